The number of aliphatic hydroxyl groups excluding tert-OH is 1. The fourth-order valence-corrected chi connectivity index (χ4v) is 2.12. The zero-order valence-electron chi connectivity index (χ0n) is 5.51. The van der Waals surface area contributed by atoms with Gasteiger partial charge in [-0.2, -0.15) is 0 Å². The van der Waals surface area contributed by atoms with Crippen molar-refractivity contribution >= 4 is 0 Å². The van der Waals surface area contributed by atoms with E-state index in [2.05, 4.69) is 5.32 Å². The maximum atomic E-state index is 9.36. The fourth-order valence-electron chi connectivity index (χ4n) is 2.12. The molecule has 1 saturated carbocycles. The minimum absolute atomic E-state index is 0.00463. The van der Waals surface area contributed by atoms with Gasteiger partial charge in [0.2, 0.25) is 0 Å². The molecule has 0 spiro atoms. The summed E-state index contributed by atoms with van der Waals surface area (Å²) in [5.74, 6) is 1.38. The van der Waals surface area contributed by atoms with Crippen molar-refractivity contribution in [2.45, 2.75) is 18.9 Å². The Morgan fingerprint density at radius 3 is 2.89 bits per heavy atom. The highest BCUT2D eigenvalue weighted by Crippen LogP contribution is 2.33. The standard InChI is InChI=1S/C7H13NO/c9-7-2-1-5-3-8-4-6(5)7/h5-9H,1-4H2/t5?,6?,7-/m1/s1. The van der Waals surface area contributed by atoms with Crippen molar-refractivity contribution in [1.29, 1.82) is 0 Å². The molecule has 2 fully saturated rings. The maximum absolute atomic E-state index is 9.36. The van der Waals surface area contributed by atoms with E-state index in [0.29, 0.717) is 5.92 Å². The summed E-state index contributed by atoms with van der Waals surface area (Å²) < 4.78 is 0. The summed E-state index contributed by atoms with van der Waals surface area (Å²) in [7, 11) is 0. The molecule has 52 valence electrons. The van der Waals surface area contributed by atoms with Crippen molar-refractivity contribution in [3.05, 3.63) is 0 Å². The van der Waals surface area contributed by atoms with Gasteiger partial charge in [0.1, 0.15) is 0 Å². The molecule has 2 aliphatic rings. The van der Waals surface area contributed by atoms with Gasteiger partial charge in [0.15, 0.2) is 0 Å². The van der Waals surface area contributed by atoms with E-state index < -0.39 is 0 Å². The minimum Gasteiger partial charge on any atom is -0.393 e. The molecule has 0 amide bonds. The highest BCUT2D eigenvalue weighted by molar-refractivity contribution is 4.91. The molecule has 3 atom stereocenters. The van der Waals surface area contributed by atoms with Crippen molar-refractivity contribution < 1.29 is 5.11 Å². The third-order valence-electron chi connectivity index (χ3n) is 2.72. The lowest BCUT2D eigenvalue weighted by molar-refractivity contribution is 0.133. The summed E-state index contributed by atoms with van der Waals surface area (Å²) in [4.78, 5) is 0. The molecular weight excluding hydrogens is 114 g/mol. The highest BCUT2D eigenvalue weighted by Gasteiger charge is 2.37. The van der Waals surface area contributed by atoms with Crippen LogP contribution in [0.2, 0.25) is 0 Å². The molecule has 0 radical (unpaired) electrons. The Balaban J connectivity index is 2.07. The normalized spacial score (nSPS) is 49.7. The topological polar surface area (TPSA) is 32.3 Å². The second-order valence-electron chi connectivity index (χ2n) is 3.23. The van der Waals surface area contributed by atoms with Crippen molar-refractivity contribution in [2.75, 3.05) is 13.1 Å². The van der Waals surface area contributed by atoms with Gasteiger partial charge in [0.25, 0.3) is 0 Å². The molecule has 0 aromatic rings. The minimum atomic E-state index is 0.00463. The van der Waals surface area contributed by atoms with Crippen LogP contribution in [0.4, 0.5) is 0 Å². The number of nitrogens with one attached hydrogen (secondary N) is 1. The predicted octanol–water partition coefficient (Wildman–Crippen LogP) is -0.0233. The molecule has 0 bridgehead atoms. The quantitative estimate of drug-likeness (QED) is 0.479. The van der Waals surface area contributed by atoms with E-state index >= 15 is 0 Å². The number of aliphatic hydroxyl groups is 1. The van der Waals surface area contributed by atoms with Gasteiger partial charge in [-0.25, -0.2) is 0 Å². The molecule has 2 N–H and O–H groups in total. The lowest BCUT2D eigenvalue weighted by atomic mass is 10.00. The van der Waals surface area contributed by atoms with Crippen LogP contribution in [0.3, 0.4) is 0 Å². The molecule has 9 heavy (non-hydrogen) atoms. The molecule has 2 heteroatoms. The van der Waals surface area contributed by atoms with Crippen LogP contribution in [0.1, 0.15) is 12.8 Å². The smallest absolute Gasteiger partial charge is 0.0583 e. The second-order valence-corrected chi connectivity index (χ2v) is 3.23. The SMILES string of the molecule is O[C@@H]1CCC2CNCC21. The van der Waals surface area contributed by atoms with Gasteiger partial charge in [-0.05, 0) is 25.3 Å². The van der Waals surface area contributed by atoms with E-state index in [9.17, 15) is 5.11 Å². The van der Waals surface area contributed by atoms with Gasteiger partial charge in [0, 0.05) is 12.5 Å². The van der Waals surface area contributed by atoms with E-state index in [-0.39, 0.29) is 6.10 Å². The van der Waals surface area contributed by atoms with Crippen LogP contribution in [-0.4, -0.2) is 24.3 Å². The average Bonchev–Trinajstić information content (AvgIpc) is 2.35. The molecule has 2 unspecified atom stereocenters. The number of rotatable bonds is 0. The first-order valence-corrected chi connectivity index (χ1v) is 3.76. The highest BCUT2D eigenvalue weighted by atomic mass is 16.3. The van der Waals surface area contributed by atoms with Gasteiger partial charge in [-0.3, -0.25) is 0 Å². The number of hydrogen-bond acceptors (Lipinski definition) is 2. The van der Waals surface area contributed by atoms with E-state index in [4.69, 9.17) is 0 Å². The van der Waals surface area contributed by atoms with Crippen molar-refractivity contribution in [3.8, 4) is 0 Å². The Bertz CT molecular complexity index is 115. The Morgan fingerprint density at radius 1 is 1.22 bits per heavy atom. The van der Waals surface area contributed by atoms with Crippen molar-refractivity contribution in [1.82, 2.24) is 5.32 Å². The Labute approximate surface area is 55.3 Å². The number of fused-ring (bicyclic) bond motifs is 1. The predicted molar refractivity (Wildman–Crippen MR) is 35.1 cm³/mol. The number of hydrogen-bond donors (Lipinski definition) is 2. The van der Waals surface area contributed by atoms with Gasteiger partial charge < -0.3 is 10.4 Å². The van der Waals surface area contributed by atoms with Crippen LogP contribution >= 0.6 is 0 Å². The van der Waals surface area contributed by atoms with Crippen LogP contribution in [0.25, 0.3) is 0 Å². The van der Waals surface area contributed by atoms with Gasteiger partial charge in [0.05, 0.1) is 6.10 Å². The Morgan fingerprint density at radius 2 is 2.11 bits per heavy atom. The average molecular weight is 127 g/mol. The molecule has 2 rings (SSSR count). The van der Waals surface area contributed by atoms with Crippen molar-refractivity contribution in [2.24, 2.45) is 11.8 Å². The van der Waals surface area contributed by atoms with Crippen molar-refractivity contribution in [3.63, 3.8) is 0 Å². The molecule has 1 aliphatic carbocycles. The van der Waals surface area contributed by atoms with E-state index in [1.165, 1.54) is 6.42 Å². The molecule has 0 aromatic carbocycles. The van der Waals surface area contributed by atoms with Crippen LogP contribution < -0.4 is 5.32 Å². The van der Waals surface area contributed by atoms with E-state index in [1.54, 1.807) is 0 Å². The first-order chi connectivity index (χ1) is 4.38. The Kier molecular flexibility index (Phi) is 1.24. The summed E-state index contributed by atoms with van der Waals surface area (Å²) in [6, 6.07) is 0. The van der Waals surface area contributed by atoms with Crippen LogP contribution in [0, 0.1) is 11.8 Å². The lowest BCUT2D eigenvalue weighted by Crippen LogP contribution is -2.19. The van der Waals surface area contributed by atoms with Gasteiger partial charge in [-0.15, -0.1) is 0 Å². The zero-order valence-corrected chi connectivity index (χ0v) is 5.51. The molecule has 1 aliphatic heterocycles. The van der Waals surface area contributed by atoms with Crippen LogP contribution in [0.5, 0.6) is 0 Å². The second kappa shape index (κ2) is 1.96. The third-order valence-corrected chi connectivity index (χ3v) is 2.72. The lowest BCUT2D eigenvalue weighted by Gasteiger charge is -2.09. The molecular formula is C7H13NO. The molecule has 0 aromatic heterocycles. The summed E-state index contributed by atoms with van der Waals surface area (Å²) in [5, 5.41) is 12.7. The molecule has 2 nitrogen and oxygen atoms in total. The first-order valence-electron chi connectivity index (χ1n) is 3.76. The summed E-state index contributed by atoms with van der Waals surface area (Å²) in [5.41, 5.74) is 0. The summed E-state index contributed by atoms with van der Waals surface area (Å²) in [6.45, 7) is 2.19. The Hall–Kier alpha value is -0.0800. The monoisotopic (exact) mass is 127 g/mol. The van der Waals surface area contributed by atoms with Crippen LogP contribution in [-0.2, 0) is 0 Å². The first kappa shape index (κ1) is 5.69. The summed E-state index contributed by atoms with van der Waals surface area (Å²) in [6.07, 6.45) is 2.28. The molecule has 1 heterocycles. The largest absolute Gasteiger partial charge is 0.393 e. The summed E-state index contributed by atoms with van der Waals surface area (Å²) >= 11 is 0. The maximum Gasteiger partial charge on any atom is 0.0583 e. The molecule has 1 saturated heterocycles. The van der Waals surface area contributed by atoms with Crippen LogP contribution in [0.15, 0.2) is 0 Å². The van der Waals surface area contributed by atoms with Gasteiger partial charge in [-0.1, -0.05) is 0 Å². The third kappa shape index (κ3) is 0.775. The van der Waals surface area contributed by atoms with E-state index in [0.717, 1.165) is 25.4 Å². The fraction of sp³-hybridized carbons (Fsp3) is 1.00. The zero-order chi connectivity index (χ0) is 6.27. The van der Waals surface area contributed by atoms with Gasteiger partial charge >= 0.3 is 0 Å². The van der Waals surface area contributed by atoms with E-state index in [1.807, 2.05) is 0 Å².